The summed E-state index contributed by atoms with van der Waals surface area (Å²) in [6.45, 7) is 15.3. The van der Waals surface area contributed by atoms with E-state index in [9.17, 15) is 4.79 Å². The number of esters is 1. The summed E-state index contributed by atoms with van der Waals surface area (Å²) < 4.78 is 38.2. The minimum atomic E-state index is -1.45. The first kappa shape index (κ1) is 32.5. The Hall–Kier alpha value is -1.53. The zero-order chi connectivity index (χ0) is 26.3. The second-order valence-electron chi connectivity index (χ2n) is 9.02. The van der Waals surface area contributed by atoms with E-state index in [1.807, 2.05) is 12.1 Å². The molecule has 0 unspecified atom stereocenters. The molecule has 0 aliphatic carbocycles. The highest BCUT2D eigenvalue weighted by Gasteiger charge is 2.13. The van der Waals surface area contributed by atoms with E-state index in [2.05, 4.69) is 31.9 Å². The molecule has 0 aliphatic heterocycles. The van der Waals surface area contributed by atoms with Gasteiger partial charge in [-0.05, 0) is 50.3 Å². The zero-order valence-corrected chi connectivity index (χ0v) is 23.7. The van der Waals surface area contributed by atoms with Gasteiger partial charge in [-0.3, -0.25) is 0 Å². The van der Waals surface area contributed by atoms with Gasteiger partial charge in [-0.25, -0.2) is 4.79 Å². The number of anilines is 1. The summed E-state index contributed by atoms with van der Waals surface area (Å²) in [5.41, 5.74) is 1.53. The fourth-order valence-corrected chi connectivity index (χ4v) is 3.49. The van der Waals surface area contributed by atoms with Gasteiger partial charge in [-0.2, -0.15) is 0 Å². The molecule has 0 aromatic heterocycles. The number of ether oxygens (including phenoxy) is 6. The minimum absolute atomic E-state index is 0.204. The van der Waals surface area contributed by atoms with Crippen molar-refractivity contribution in [3.63, 3.8) is 0 Å². The van der Waals surface area contributed by atoms with Crippen molar-refractivity contribution in [1.29, 1.82) is 0 Å². The van der Waals surface area contributed by atoms with Crippen LogP contribution >= 0.6 is 0 Å². The number of benzene rings is 1. The molecule has 1 rings (SSSR count). The average Bonchev–Trinajstić information content (AvgIpc) is 2.85. The van der Waals surface area contributed by atoms with Crippen LogP contribution in [0.5, 0.6) is 0 Å². The molecule has 0 saturated carbocycles. The second-order valence-corrected chi connectivity index (χ2v) is 13.5. The van der Waals surface area contributed by atoms with Crippen LogP contribution in [0.1, 0.15) is 30.1 Å². The Labute approximate surface area is 218 Å². The van der Waals surface area contributed by atoms with Crippen molar-refractivity contribution >= 4 is 20.0 Å². The fourth-order valence-electron chi connectivity index (χ4n) is 2.80. The van der Waals surface area contributed by atoms with Gasteiger partial charge in [0.1, 0.15) is 6.61 Å². The third-order valence-corrected chi connectivity index (χ3v) is 5.76. The Kier molecular flexibility index (Phi) is 19.4. The van der Waals surface area contributed by atoms with Crippen molar-refractivity contribution < 1.29 is 37.6 Å². The highest BCUT2D eigenvalue weighted by molar-refractivity contribution is 6.69. The maximum atomic E-state index is 12.1. The lowest BCUT2D eigenvalue weighted by Gasteiger charge is -2.16. The van der Waals surface area contributed by atoms with Gasteiger partial charge in [0.25, 0.3) is 0 Å². The van der Waals surface area contributed by atoms with E-state index in [1.54, 1.807) is 12.1 Å². The third kappa shape index (κ3) is 19.6. The molecule has 0 amide bonds. The molecule has 10 heteroatoms. The van der Waals surface area contributed by atoms with Gasteiger partial charge in [0, 0.05) is 12.2 Å². The van der Waals surface area contributed by atoms with Gasteiger partial charge < -0.3 is 38.2 Å². The normalized spacial score (nSPS) is 11.6. The molecule has 1 aromatic carbocycles. The van der Waals surface area contributed by atoms with Crippen molar-refractivity contribution in [3.05, 3.63) is 29.8 Å². The molecule has 1 aromatic rings. The van der Waals surface area contributed by atoms with Crippen molar-refractivity contribution in [3.8, 4) is 0 Å². The molecule has 208 valence electrons. The Morgan fingerprint density at radius 3 is 1.58 bits per heavy atom. The van der Waals surface area contributed by atoms with E-state index in [0.717, 1.165) is 25.1 Å². The molecule has 0 spiro atoms. The molecule has 0 aliphatic rings. The molecule has 0 radical (unpaired) electrons. The molecule has 9 nitrogen and oxygen atoms in total. The van der Waals surface area contributed by atoms with Crippen LogP contribution in [0.3, 0.4) is 0 Å². The monoisotopic (exact) mass is 529 g/mol. The predicted octanol–water partition coefficient (Wildman–Crippen LogP) is 3.99. The van der Waals surface area contributed by atoms with Gasteiger partial charge >= 0.3 is 5.97 Å². The molecule has 1 N–H and O–H groups in total. The van der Waals surface area contributed by atoms with Gasteiger partial charge in [0.05, 0.1) is 78.2 Å². The van der Waals surface area contributed by atoms with E-state index < -0.39 is 8.32 Å². The van der Waals surface area contributed by atoms with E-state index in [4.69, 9.17) is 32.8 Å². The molecular weight excluding hydrogens is 482 g/mol. The first-order valence-electron chi connectivity index (χ1n) is 13.0. The van der Waals surface area contributed by atoms with E-state index >= 15 is 0 Å². The maximum absolute atomic E-state index is 12.1. The van der Waals surface area contributed by atoms with Crippen LogP contribution in [0.15, 0.2) is 24.3 Å². The zero-order valence-electron chi connectivity index (χ0n) is 22.7. The molecular formula is C26H47NO8Si. The van der Waals surface area contributed by atoms with E-state index in [-0.39, 0.29) is 12.6 Å². The Balaban J connectivity index is 1.82. The first-order valence-corrected chi connectivity index (χ1v) is 16.4. The van der Waals surface area contributed by atoms with Gasteiger partial charge in [0.2, 0.25) is 0 Å². The van der Waals surface area contributed by atoms with Crippen LogP contribution in [0.2, 0.25) is 19.6 Å². The van der Waals surface area contributed by atoms with Crippen LogP contribution in [0.25, 0.3) is 0 Å². The van der Waals surface area contributed by atoms with E-state index in [0.29, 0.717) is 78.2 Å². The number of hydrogen-bond donors (Lipinski definition) is 1. The van der Waals surface area contributed by atoms with Gasteiger partial charge in [-0.15, -0.1) is 0 Å². The number of carbonyl (C=O) groups is 1. The predicted molar refractivity (Wildman–Crippen MR) is 144 cm³/mol. The van der Waals surface area contributed by atoms with Crippen molar-refractivity contribution in [1.82, 2.24) is 0 Å². The fraction of sp³-hybridized carbons (Fsp3) is 0.731. The smallest absolute Gasteiger partial charge is 0.338 e. The lowest BCUT2D eigenvalue weighted by molar-refractivity contribution is -0.0164. The average molecular weight is 530 g/mol. The molecule has 0 heterocycles. The molecule has 0 saturated heterocycles. The van der Waals surface area contributed by atoms with Crippen molar-refractivity contribution in [2.24, 2.45) is 0 Å². The van der Waals surface area contributed by atoms with Crippen molar-refractivity contribution in [2.75, 3.05) is 91.1 Å². The Bertz CT molecular complexity index is 654. The summed E-state index contributed by atoms with van der Waals surface area (Å²) in [5.74, 6) is -0.351. The van der Waals surface area contributed by atoms with Gasteiger partial charge in [-0.1, -0.05) is 13.3 Å². The highest BCUT2D eigenvalue weighted by atomic mass is 28.4. The molecule has 36 heavy (non-hydrogen) atoms. The summed E-state index contributed by atoms with van der Waals surface area (Å²) in [4.78, 5) is 12.1. The van der Waals surface area contributed by atoms with Crippen molar-refractivity contribution in [2.45, 2.75) is 39.4 Å². The summed E-state index contributed by atoms with van der Waals surface area (Å²) in [7, 11) is -1.45. The first-order chi connectivity index (χ1) is 17.4. The quantitative estimate of drug-likeness (QED) is 0.121. The highest BCUT2D eigenvalue weighted by Crippen LogP contribution is 2.10. The second kappa shape index (κ2) is 21.5. The minimum Gasteiger partial charge on any atom is -0.460 e. The number of nitrogens with one attached hydrogen (secondary N) is 1. The summed E-state index contributed by atoms with van der Waals surface area (Å²) in [6, 6.07) is 7.31. The number of hydrogen-bond acceptors (Lipinski definition) is 9. The van der Waals surface area contributed by atoms with Crippen LogP contribution in [-0.4, -0.2) is 100 Å². The molecule has 0 bridgehead atoms. The van der Waals surface area contributed by atoms with Crippen LogP contribution < -0.4 is 5.32 Å². The summed E-state index contributed by atoms with van der Waals surface area (Å²) in [5, 5.41) is 3.32. The third-order valence-electron chi connectivity index (χ3n) is 4.69. The van der Waals surface area contributed by atoms with Gasteiger partial charge in [0.15, 0.2) is 8.32 Å². The Morgan fingerprint density at radius 1 is 0.694 bits per heavy atom. The number of rotatable bonds is 24. The summed E-state index contributed by atoms with van der Waals surface area (Å²) in [6.07, 6.45) is 2.26. The lowest BCUT2D eigenvalue weighted by Crippen LogP contribution is -2.27. The number of unbranched alkanes of at least 4 members (excludes halogenated alkanes) is 1. The number of carbonyl (C=O) groups excluding carboxylic acids is 1. The standard InChI is InChI=1S/C26H47NO8Si/c1-5-6-11-27-25-9-7-24(8-10-25)26(28)34-22-20-32-18-16-30-14-12-29-13-15-31-17-19-33-21-23-35-36(2,3)4/h7-10,27H,5-6,11-23H2,1-4H3. The molecule has 0 atom stereocenters. The Morgan fingerprint density at radius 2 is 1.14 bits per heavy atom. The lowest BCUT2D eigenvalue weighted by atomic mass is 10.2. The summed E-state index contributed by atoms with van der Waals surface area (Å²) >= 11 is 0. The molecule has 0 fully saturated rings. The van der Waals surface area contributed by atoms with Crippen LogP contribution in [0, 0.1) is 0 Å². The van der Waals surface area contributed by atoms with Crippen LogP contribution in [-0.2, 0) is 32.8 Å². The largest absolute Gasteiger partial charge is 0.460 e. The maximum Gasteiger partial charge on any atom is 0.338 e. The SMILES string of the molecule is CCCCNc1ccc(C(=O)OCCOCCOCCOCCOCCOCCO[Si](C)(C)C)cc1. The van der Waals surface area contributed by atoms with Crippen LogP contribution in [0.4, 0.5) is 5.69 Å². The van der Waals surface area contributed by atoms with E-state index in [1.165, 1.54) is 0 Å². The topological polar surface area (TPSA) is 93.7 Å².